The maximum Gasteiger partial charge on any atom is 0.119 e. The number of hydrogen-bond donors (Lipinski definition) is 1. The lowest BCUT2D eigenvalue weighted by Gasteiger charge is -2.33. The summed E-state index contributed by atoms with van der Waals surface area (Å²) in [5.41, 5.74) is 3.84. The van der Waals surface area contributed by atoms with Crippen LogP contribution in [0.25, 0.3) is 5.69 Å². The molecule has 1 N–H and O–H groups in total. The van der Waals surface area contributed by atoms with Gasteiger partial charge < -0.3 is 15.0 Å². The van der Waals surface area contributed by atoms with Crippen LogP contribution in [-0.2, 0) is 0 Å². The molecule has 2 aromatic rings. The zero-order valence-electron chi connectivity index (χ0n) is 13.7. The minimum Gasteiger partial charge on any atom is -0.497 e. The molecular weight excluding hydrogens is 288 g/mol. The van der Waals surface area contributed by atoms with Crippen LogP contribution in [0.3, 0.4) is 0 Å². The number of benzene rings is 1. The summed E-state index contributed by atoms with van der Waals surface area (Å²) >= 11 is 0. The Hall–Kier alpha value is -2.01. The Morgan fingerprint density at radius 1 is 1.13 bits per heavy atom. The molecule has 2 aliphatic rings. The number of anilines is 1. The molecule has 1 aliphatic heterocycles. The molecular formula is C18H24N4O. The highest BCUT2D eigenvalue weighted by atomic mass is 16.5. The molecule has 0 bridgehead atoms. The standard InChI is InChI=1S/C18H24N4O/c1-23-16-7-5-15(6-8-16)22-18(14-3-2-4-14)17(13-20-22)21-11-9-19-10-12-21/h5-8,13-14,19H,2-4,9-12H2,1H3. The maximum atomic E-state index is 5.27. The van der Waals surface area contributed by atoms with Crippen LogP contribution < -0.4 is 15.0 Å². The van der Waals surface area contributed by atoms with Crippen LogP contribution in [0, 0.1) is 0 Å². The summed E-state index contributed by atoms with van der Waals surface area (Å²) in [7, 11) is 1.70. The lowest BCUT2D eigenvalue weighted by Crippen LogP contribution is -2.44. The maximum absolute atomic E-state index is 5.27. The average molecular weight is 312 g/mol. The van der Waals surface area contributed by atoms with Crippen molar-refractivity contribution in [1.29, 1.82) is 0 Å². The van der Waals surface area contributed by atoms with E-state index in [2.05, 4.69) is 33.2 Å². The van der Waals surface area contributed by atoms with Crippen LogP contribution in [0.5, 0.6) is 5.75 Å². The van der Waals surface area contributed by atoms with Crippen molar-refractivity contribution in [3.63, 3.8) is 0 Å². The Kier molecular flexibility index (Phi) is 3.95. The van der Waals surface area contributed by atoms with Crippen LogP contribution >= 0.6 is 0 Å². The van der Waals surface area contributed by atoms with Crippen molar-refractivity contribution in [1.82, 2.24) is 15.1 Å². The van der Waals surface area contributed by atoms with E-state index in [-0.39, 0.29) is 0 Å². The summed E-state index contributed by atoms with van der Waals surface area (Å²) in [6, 6.07) is 8.20. The number of hydrogen-bond acceptors (Lipinski definition) is 4. The number of nitrogens with zero attached hydrogens (tertiary/aromatic N) is 3. The van der Waals surface area contributed by atoms with Crippen LogP contribution in [0.1, 0.15) is 30.9 Å². The normalized spacial score (nSPS) is 18.7. The van der Waals surface area contributed by atoms with E-state index in [1.54, 1.807) is 7.11 Å². The molecule has 0 unspecified atom stereocenters. The Balaban J connectivity index is 1.71. The highest BCUT2D eigenvalue weighted by Crippen LogP contribution is 2.42. The van der Waals surface area contributed by atoms with Gasteiger partial charge in [0.2, 0.25) is 0 Å². The fourth-order valence-electron chi connectivity index (χ4n) is 3.49. The first kappa shape index (κ1) is 14.6. The molecule has 5 heteroatoms. The van der Waals surface area contributed by atoms with E-state index < -0.39 is 0 Å². The molecule has 4 rings (SSSR count). The smallest absolute Gasteiger partial charge is 0.119 e. The SMILES string of the molecule is COc1ccc(-n2ncc(N3CCNCC3)c2C2CCC2)cc1. The Morgan fingerprint density at radius 2 is 1.87 bits per heavy atom. The summed E-state index contributed by atoms with van der Waals surface area (Å²) in [4.78, 5) is 2.48. The van der Waals surface area contributed by atoms with Crippen LogP contribution in [-0.4, -0.2) is 43.1 Å². The quantitative estimate of drug-likeness (QED) is 0.942. The van der Waals surface area contributed by atoms with Crippen molar-refractivity contribution >= 4 is 5.69 Å². The minimum atomic E-state index is 0.643. The van der Waals surface area contributed by atoms with E-state index in [0.717, 1.165) is 37.6 Å². The van der Waals surface area contributed by atoms with Gasteiger partial charge in [-0.05, 0) is 37.1 Å². The first-order valence-corrected chi connectivity index (χ1v) is 8.55. The molecule has 1 saturated heterocycles. The highest BCUT2D eigenvalue weighted by Gasteiger charge is 2.29. The van der Waals surface area contributed by atoms with Gasteiger partial charge in [-0.2, -0.15) is 5.10 Å². The van der Waals surface area contributed by atoms with Crippen LogP contribution in [0.4, 0.5) is 5.69 Å². The third kappa shape index (κ3) is 2.70. The zero-order chi connectivity index (χ0) is 15.6. The van der Waals surface area contributed by atoms with E-state index in [1.807, 2.05) is 12.1 Å². The summed E-state index contributed by atoms with van der Waals surface area (Å²) < 4.78 is 7.41. The number of nitrogens with one attached hydrogen (secondary N) is 1. The minimum absolute atomic E-state index is 0.643. The molecule has 1 aromatic heterocycles. The Labute approximate surface area is 137 Å². The zero-order valence-corrected chi connectivity index (χ0v) is 13.7. The van der Waals surface area contributed by atoms with E-state index in [0.29, 0.717) is 5.92 Å². The Morgan fingerprint density at radius 3 is 2.48 bits per heavy atom. The number of methoxy groups -OCH3 is 1. The molecule has 0 atom stereocenters. The van der Waals surface area contributed by atoms with Gasteiger partial charge >= 0.3 is 0 Å². The second-order valence-corrected chi connectivity index (χ2v) is 6.39. The van der Waals surface area contributed by atoms with Gasteiger partial charge in [-0.15, -0.1) is 0 Å². The molecule has 1 aliphatic carbocycles. The number of ether oxygens (including phenoxy) is 1. The molecule has 1 saturated carbocycles. The van der Waals surface area contributed by atoms with Gasteiger partial charge in [-0.3, -0.25) is 0 Å². The molecule has 5 nitrogen and oxygen atoms in total. The largest absolute Gasteiger partial charge is 0.497 e. The van der Waals surface area contributed by atoms with Crippen LogP contribution in [0.2, 0.25) is 0 Å². The van der Waals surface area contributed by atoms with Gasteiger partial charge in [0.15, 0.2) is 0 Å². The Bertz CT molecular complexity index is 654. The topological polar surface area (TPSA) is 42.3 Å². The van der Waals surface area contributed by atoms with Crippen molar-refractivity contribution in [2.45, 2.75) is 25.2 Å². The predicted molar refractivity (Wildman–Crippen MR) is 91.8 cm³/mol. The number of piperazine rings is 1. The van der Waals surface area contributed by atoms with Gasteiger partial charge in [0.1, 0.15) is 5.75 Å². The number of aromatic nitrogens is 2. The summed E-state index contributed by atoms with van der Waals surface area (Å²) in [6.07, 6.45) is 5.95. The molecule has 0 radical (unpaired) electrons. The molecule has 2 fully saturated rings. The fourth-order valence-corrected chi connectivity index (χ4v) is 3.49. The second-order valence-electron chi connectivity index (χ2n) is 6.39. The van der Waals surface area contributed by atoms with Crippen molar-refractivity contribution in [2.75, 3.05) is 38.2 Å². The van der Waals surface area contributed by atoms with Crippen molar-refractivity contribution in [2.24, 2.45) is 0 Å². The lowest BCUT2D eigenvalue weighted by molar-refractivity contribution is 0.402. The van der Waals surface area contributed by atoms with Gasteiger partial charge in [0.25, 0.3) is 0 Å². The second kappa shape index (κ2) is 6.24. The first-order chi connectivity index (χ1) is 11.4. The monoisotopic (exact) mass is 312 g/mol. The molecule has 0 spiro atoms. The molecule has 23 heavy (non-hydrogen) atoms. The lowest BCUT2D eigenvalue weighted by atomic mass is 9.82. The van der Waals surface area contributed by atoms with E-state index in [4.69, 9.17) is 9.84 Å². The van der Waals surface area contributed by atoms with Crippen LogP contribution in [0.15, 0.2) is 30.5 Å². The molecule has 0 amide bonds. The van der Waals surface area contributed by atoms with Gasteiger partial charge in [-0.25, -0.2) is 4.68 Å². The fraction of sp³-hybridized carbons (Fsp3) is 0.500. The highest BCUT2D eigenvalue weighted by molar-refractivity contribution is 5.55. The summed E-state index contributed by atoms with van der Waals surface area (Å²) in [5.74, 6) is 1.53. The summed E-state index contributed by atoms with van der Waals surface area (Å²) in [6.45, 7) is 4.23. The van der Waals surface area contributed by atoms with Gasteiger partial charge in [-0.1, -0.05) is 6.42 Å². The first-order valence-electron chi connectivity index (χ1n) is 8.55. The van der Waals surface area contributed by atoms with Crippen molar-refractivity contribution in [3.8, 4) is 11.4 Å². The van der Waals surface area contributed by atoms with Gasteiger partial charge in [0.05, 0.1) is 30.4 Å². The molecule has 1 aromatic carbocycles. The van der Waals surface area contributed by atoms with E-state index >= 15 is 0 Å². The van der Waals surface area contributed by atoms with E-state index in [9.17, 15) is 0 Å². The third-order valence-electron chi connectivity index (χ3n) is 5.05. The average Bonchev–Trinajstić information content (AvgIpc) is 2.99. The van der Waals surface area contributed by atoms with Gasteiger partial charge in [0, 0.05) is 32.1 Å². The van der Waals surface area contributed by atoms with Crippen molar-refractivity contribution in [3.05, 3.63) is 36.2 Å². The molecule has 2 heterocycles. The van der Waals surface area contributed by atoms with E-state index in [1.165, 1.54) is 30.6 Å². The third-order valence-corrected chi connectivity index (χ3v) is 5.05. The summed E-state index contributed by atoms with van der Waals surface area (Å²) in [5, 5.41) is 8.16. The predicted octanol–water partition coefficient (Wildman–Crippen LogP) is 2.56. The number of rotatable bonds is 4. The van der Waals surface area contributed by atoms with Crippen molar-refractivity contribution < 1.29 is 4.74 Å². The molecule has 122 valence electrons.